The van der Waals surface area contributed by atoms with Crippen molar-refractivity contribution < 1.29 is 38.6 Å². The Hall–Kier alpha value is -6.23. The van der Waals surface area contributed by atoms with E-state index in [-0.39, 0.29) is 24.9 Å². The minimum atomic E-state index is -1.80. The first kappa shape index (κ1) is 35.6. The highest BCUT2D eigenvalue weighted by atomic mass is 16.7. The monoisotopic (exact) mass is 701 g/mol. The van der Waals surface area contributed by atoms with Crippen molar-refractivity contribution in [2.75, 3.05) is 13.2 Å². The molecule has 6 rings (SSSR count). The molecule has 2 amide bonds. The van der Waals surface area contributed by atoms with Gasteiger partial charge in [0.25, 0.3) is 17.4 Å². The van der Waals surface area contributed by atoms with Crippen LogP contribution in [0.15, 0.2) is 120 Å². The number of para-hydroxylation sites is 1. The van der Waals surface area contributed by atoms with Gasteiger partial charge in [-0.1, -0.05) is 97.9 Å². The van der Waals surface area contributed by atoms with Gasteiger partial charge >= 0.3 is 5.97 Å². The van der Waals surface area contributed by atoms with Gasteiger partial charge in [-0.05, 0) is 63.9 Å². The number of rotatable bonds is 15. The standard InChI is InChI=1S/C41H39N3O8/c1-26(2)37(43-38(46)31-17-16-27-10-6-8-12-29(27)20-31)36-23-41(52-44-36,25-51-33-14-4-3-5-15-33)40(49)42-35(39(47)48)22-32(45)24-50-34-19-18-28-11-7-9-13-30(28)21-34/h3-21,26,35,37H,22-25H2,1-2H3,(H,42,49)(H,43,46)(H,47,48)/t35?,37-,41?/m0/s1. The maximum Gasteiger partial charge on any atom is 0.326 e. The van der Waals surface area contributed by atoms with Gasteiger partial charge in [0.2, 0.25) is 0 Å². The Morgan fingerprint density at radius 1 is 0.769 bits per heavy atom. The third-order valence-electron chi connectivity index (χ3n) is 8.91. The van der Waals surface area contributed by atoms with E-state index in [9.17, 15) is 24.3 Å². The van der Waals surface area contributed by atoms with Crippen LogP contribution in [-0.4, -0.2) is 65.3 Å². The van der Waals surface area contributed by atoms with Crippen LogP contribution in [0.25, 0.3) is 21.5 Å². The second kappa shape index (κ2) is 15.8. The van der Waals surface area contributed by atoms with E-state index >= 15 is 0 Å². The van der Waals surface area contributed by atoms with E-state index in [1.807, 2.05) is 80.6 Å². The molecule has 0 bridgehead atoms. The predicted molar refractivity (Wildman–Crippen MR) is 196 cm³/mol. The number of carbonyl (C=O) groups excluding carboxylic acids is 3. The number of Topliss-reactive ketones (excluding diaryl/α,β-unsaturated/α-hetero) is 1. The molecule has 3 atom stereocenters. The van der Waals surface area contributed by atoms with Gasteiger partial charge in [-0.2, -0.15) is 0 Å². The third kappa shape index (κ3) is 8.38. The summed E-state index contributed by atoms with van der Waals surface area (Å²) in [5.41, 5.74) is -0.967. The Kier molecular flexibility index (Phi) is 10.8. The van der Waals surface area contributed by atoms with Crippen molar-refractivity contribution in [3.05, 3.63) is 121 Å². The number of fused-ring (bicyclic) bond motifs is 2. The van der Waals surface area contributed by atoms with E-state index < -0.39 is 48.4 Å². The third-order valence-corrected chi connectivity index (χ3v) is 8.91. The van der Waals surface area contributed by atoms with E-state index in [0.29, 0.717) is 22.8 Å². The molecule has 5 aromatic rings. The molecule has 3 N–H and O–H groups in total. The number of benzene rings is 5. The Labute approximate surface area is 300 Å². The summed E-state index contributed by atoms with van der Waals surface area (Å²) in [7, 11) is 0. The first-order valence-corrected chi connectivity index (χ1v) is 17.0. The number of oxime groups is 1. The Morgan fingerprint density at radius 2 is 1.40 bits per heavy atom. The number of nitrogens with one attached hydrogen (secondary N) is 2. The van der Waals surface area contributed by atoms with E-state index in [2.05, 4.69) is 15.8 Å². The van der Waals surface area contributed by atoms with Gasteiger partial charge in [-0.25, -0.2) is 4.79 Å². The van der Waals surface area contributed by atoms with Crippen molar-refractivity contribution in [2.24, 2.45) is 11.1 Å². The summed E-state index contributed by atoms with van der Waals surface area (Å²) in [4.78, 5) is 58.6. The Bertz CT molecular complexity index is 2130. The number of hydrogen-bond acceptors (Lipinski definition) is 8. The van der Waals surface area contributed by atoms with E-state index in [1.54, 1.807) is 48.5 Å². The largest absolute Gasteiger partial charge is 0.489 e. The number of ether oxygens (including phenoxy) is 2. The molecule has 0 radical (unpaired) electrons. The molecule has 1 aliphatic heterocycles. The molecular weight excluding hydrogens is 662 g/mol. The van der Waals surface area contributed by atoms with Crippen LogP contribution in [0.1, 0.15) is 37.0 Å². The Morgan fingerprint density at radius 3 is 2.08 bits per heavy atom. The molecule has 1 aliphatic rings. The summed E-state index contributed by atoms with van der Waals surface area (Å²) in [5.74, 6) is -2.35. The number of carbonyl (C=O) groups is 4. The lowest BCUT2D eigenvalue weighted by atomic mass is 9.89. The van der Waals surface area contributed by atoms with Gasteiger partial charge in [0.1, 0.15) is 30.8 Å². The number of carboxylic acid groups (broad SMARTS) is 1. The van der Waals surface area contributed by atoms with Gasteiger partial charge in [0.05, 0.1) is 11.8 Å². The second-order valence-corrected chi connectivity index (χ2v) is 13.1. The first-order chi connectivity index (χ1) is 25.1. The van der Waals surface area contributed by atoms with E-state index in [1.165, 1.54) is 0 Å². The SMILES string of the molecule is CC(C)[C@H](NC(=O)c1ccc2ccccc2c1)C1=NOC(COc2ccccc2)(C(=O)NC(CC(=O)COc2ccc3ccccc3c2)C(=O)O)C1. The molecule has 52 heavy (non-hydrogen) atoms. The molecule has 0 saturated carbocycles. The zero-order chi connectivity index (χ0) is 36.7. The van der Waals surface area contributed by atoms with Gasteiger partial charge in [-0.15, -0.1) is 0 Å². The zero-order valence-corrected chi connectivity index (χ0v) is 28.8. The normalized spacial score (nSPS) is 16.4. The van der Waals surface area contributed by atoms with Crippen molar-refractivity contribution in [2.45, 2.75) is 44.4 Å². The molecule has 11 nitrogen and oxygen atoms in total. The van der Waals surface area contributed by atoms with Crippen LogP contribution in [0.4, 0.5) is 0 Å². The van der Waals surface area contributed by atoms with Crippen LogP contribution in [-0.2, 0) is 19.2 Å². The van der Waals surface area contributed by atoms with Crippen LogP contribution in [0, 0.1) is 5.92 Å². The molecule has 1 heterocycles. The van der Waals surface area contributed by atoms with Crippen LogP contribution >= 0.6 is 0 Å². The summed E-state index contributed by atoms with van der Waals surface area (Å²) >= 11 is 0. The van der Waals surface area contributed by atoms with Crippen LogP contribution in [0.2, 0.25) is 0 Å². The molecule has 0 spiro atoms. The molecule has 266 valence electrons. The molecule has 0 fully saturated rings. The quantitative estimate of drug-likeness (QED) is 0.121. The summed E-state index contributed by atoms with van der Waals surface area (Å²) in [5, 5.41) is 23.7. The summed E-state index contributed by atoms with van der Waals surface area (Å²) in [6, 6.07) is 32.7. The average Bonchev–Trinajstić information content (AvgIpc) is 3.60. The van der Waals surface area contributed by atoms with Crippen LogP contribution in [0.3, 0.4) is 0 Å². The maximum absolute atomic E-state index is 14.0. The summed E-state index contributed by atoms with van der Waals surface area (Å²) < 4.78 is 11.6. The van der Waals surface area contributed by atoms with Crippen molar-refractivity contribution >= 4 is 50.8 Å². The van der Waals surface area contributed by atoms with Crippen LogP contribution in [0.5, 0.6) is 11.5 Å². The molecule has 0 saturated heterocycles. The van der Waals surface area contributed by atoms with Crippen molar-refractivity contribution in [1.82, 2.24) is 10.6 Å². The molecule has 0 aliphatic carbocycles. The fourth-order valence-corrected chi connectivity index (χ4v) is 6.04. The highest BCUT2D eigenvalue weighted by Gasteiger charge is 2.50. The van der Waals surface area contributed by atoms with Crippen molar-refractivity contribution in [3.63, 3.8) is 0 Å². The summed E-state index contributed by atoms with van der Waals surface area (Å²) in [6.07, 6.45) is -0.647. The fourth-order valence-electron chi connectivity index (χ4n) is 6.04. The first-order valence-electron chi connectivity index (χ1n) is 17.0. The lowest BCUT2D eigenvalue weighted by Gasteiger charge is -2.28. The Balaban J connectivity index is 1.15. The molecule has 2 unspecified atom stereocenters. The minimum Gasteiger partial charge on any atom is -0.489 e. The molecule has 11 heteroatoms. The number of amides is 2. The zero-order valence-electron chi connectivity index (χ0n) is 28.8. The topological polar surface area (TPSA) is 153 Å². The highest BCUT2D eigenvalue weighted by Crippen LogP contribution is 2.30. The van der Waals surface area contributed by atoms with Crippen molar-refractivity contribution in [1.29, 1.82) is 0 Å². The molecular formula is C41H39N3O8. The lowest BCUT2D eigenvalue weighted by molar-refractivity contribution is -0.153. The lowest BCUT2D eigenvalue weighted by Crippen LogP contribution is -2.56. The number of carboxylic acids is 1. The average molecular weight is 702 g/mol. The predicted octanol–water partition coefficient (Wildman–Crippen LogP) is 5.95. The molecule has 0 aromatic heterocycles. The number of ketones is 1. The minimum absolute atomic E-state index is 0.113. The number of aliphatic carboxylic acids is 1. The van der Waals surface area contributed by atoms with Crippen LogP contribution < -0.4 is 20.1 Å². The fraction of sp³-hybridized carbons (Fsp3) is 0.244. The maximum atomic E-state index is 14.0. The second-order valence-electron chi connectivity index (χ2n) is 13.1. The van der Waals surface area contributed by atoms with Gasteiger partial charge < -0.3 is 30.1 Å². The summed E-state index contributed by atoms with van der Waals surface area (Å²) in [6.45, 7) is 3.09. The van der Waals surface area contributed by atoms with Gasteiger partial charge in [-0.3, -0.25) is 14.4 Å². The van der Waals surface area contributed by atoms with Gasteiger partial charge in [0.15, 0.2) is 5.78 Å². The van der Waals surface area contributed by atoms with E-state index in [0.717, 1.165) is 21.5 Å². The molecule has 5 aromatic carbocycles. The number of hydrogen-bond donors (Lipinski definition) is 3. The number of nitrogens with zero attached hydrogens (tertiary/aromatic N) is 1. The van der Waals surface area contributed by atoms with Gasteiger partial charge in [0, 0.05) is 18.4 Å². The van der Waals surface area contributed by atoms with Crippen molar-refractivity contribution in [3.8, 4) is 11.5 Å². The van der Waals surface area contributed by atoms with E-state index in [4.69, 9.17) is 14.3 Å². The smallest absolute Gasteiger partial charge is 0.326 e. The highest BCUT2D eigenvalue weighted by molar-refractivity contribution is 6.04.